The topological polar surface area (TPSA) is 70.3 Å². The summed E-state index contributed by atoms with van der Waals surface area (Å²) >= 11 is 3.34. The van der Waals surface area contributed by atoms with Crippen molar-refractivity contribution in [1.29, 1.82) is 5.26 Å². The standard InChI is InChI=1S/C17H12BrNO3/c1-22-16-7-2-11(9-15(16)17(20)21)8-13(10-19)12-3-5-14(18)6-4-12/h2-9H,1H3,(H,20,21)/b13-8-. The zero-order valence-electron chi connectivity index (χ0n) is 11.7. The van der Waals surface area contributed by atoms with Gasteiger partial charge >= 0.3 is 5.97 Å². The van der Waals surface area contributed by atoms with Gasteiger partial charge in [0.05, 0.1) is 18.8 Å². The molecule has 0 saturated heterocycles. The molecule has 5 heteroatoms. The predicted molar refractivity (Wildman–Crippen MR) is 87.6 cm³/mol. The molecule has 0 heterocycles. The molecule has 0 saturated carbocycles. The van der Waals surface area contributed by atoms with Crippen molar-refractivity contribution in [2.75, 3.05) is 7.11 Å². The minimum Gasteiger partial charge on any atom is -0.496 e. The van der Waals surface area contributed by atoms with Gasteiger partial charge in [0, 0.05) is 4.47 Å². The van der Waals surface area contributed by atoms with E-state index in [1.165, 1.54) is 13.2 Å². The van der Waals surface area contributed by atoms with Gasteiger partial charge in [-0.2, -0.15) is 5.26 Å². The normalized spacial score (nSPS) is 10.9. The third-order valence-corrected chi connectivity index (χ3v) is 3.57. The molecular weight excluding hydrogens is 346 g/mol. The third-order valence-electron chi connectivity index (χ3n) is 3.04. The highest BCUT2D eigenvalue weighted by Gasteiger charge is 2.11. The molecule has 4 nitrogen and oxygen atoms in total. The number of hydrogen-bond donors (Lipinski definition) is 1. The second-order valence-corrected chi connectivity index (χ2v) is 5.36. The Morgan fingerprint density at radius 3 is 2.50 bits per heavy atom. The Kier molecular flexibility index (Phi) is 4.97. The van der Waals surface area contributed by atoms with Gasteiger partial charge in [-0.3, -0.25) is 0 Å². The van der Waals surface area contributed by atoms with Gasteiger partial charge in [-0.1, -0.05) is 34.1 Å². The molecule has 0 aliphatic rings. The Balaban J connectivity index is 2.46. The largest absolute Gasteiger partial charge is 0.496 e. The highest BCUT2D eigenvalue weighted by Crippen LogP contribution is 2.24. The summed E-state index contributed by atoms with van der Waals surface area (Å²) < 4.78 is 5.94. The monoisotopic (exact) mass is 357 g/mol. The van der Waals surface area contributed by atoms with E-state index in [2.05, 4.69) is 22.0 Å². The van der Waals surface area contributed by atoms with Crippen LogP contribution in [0.3, 0.4) is 0 Å². The van der Waals surface area contributed by atoms with E-state index in [-0.39, 0.29) is 11.3 Å². The molecule has 0 fully saturated rings. The van der Waals surface area contributed by atoms with Gasteiger partial charge in [0.25, 0.3) is 0 Å². The number of methoxy groups -OCH3 is 1. The third kappa shape index (κ3) is 3.54. The summed E-state index contributed by atoms with van der Waals surface area (Å²) in [6, 6.07) is 14.2. The molecule has 0 bridgehead atoms. The molecule has 0 spiro atoms. The molecule has 0 aliphatic heterocycles. The number of rotatable bonds is 4. The summed E-state index contributed by atoms with van der Waals surface area (Å²) in [7, 11) is 1.42. The first-order valence-corrected chi connectivity index (χ1v) is 7.13. The number of ether oxygens (including phenoxy) is 1. The molecule has 0 radical (unpaired) electrons. The Morgan fingerprint density at radius 1 is 1.27 bits per heavy atom. The van der Waals surface area contributed by atoms with Gasteiger partial charge < -0.3 is 9.84 Å². The Labute approximate surface area is 136 Å². The molecule has 0 amide bonds. The minimum absolute atomic E-state index is 0.0596. The van der Waals surface area contributed by atoms with Crippen molar-refractivity contribution in [2.24, 2.45) is 0 Å². The fraction of sp³-hybridized carbons (Fsp3) is 0.0588. The predicted octanol–water partition coefficient (Wildman–Crippen LogP) is 4.22. The van der Waals surface area contributed by atoms with Crippen molar-refractivity contribution in [2.45, 2.75) is 0 Å². The van der Waals surface area contributed by atoms with E-state index in [1.807, 2.05) is 24.3 Å². The van der Waals surface area contributed by atoms with Gasteiger partial charge in [-0.15, -0.1) is 0 Å². The molecule has 1 N–H and O–H groups in total. The molecule has 2 aromatic carbocycles. The SMILES string of the molecule is COc1ccc(/C=C(/C#N)c2ccc(Br)cc2)cc1C(=O)O. The zero-order chi connectivity index (χ0) is 16.1. The number of halogens is 1. The molecule has 110 valence electrons. The van der Waals surface area contributed by atoms with Crippen LogP contribution in [0.4, 0.5) is 0 Å². The van der Waals surface area contributed by atoms with Crippen LogP contribution < -0.4 is 4.74 Å². The minimum atomic E-state index is -1.07. The number of hydrogen-bond acceptors (Lipinski definition) is 3. The lowest BCUT2D eigenvalue weighted by molar-refractivity contribution is 0.0693. The maximum absolute atomic E-state index is 11.2. The van der Waals surface area contributed by atoms with Gasteiger partial charge in [0.2, 0.25) is 0 Å². The number of nitriles is 1. The lowest BCUT2D eigenvalue weighted by atomic mass is 10.0. The number of carbonyl (C=O) groups is 1. The van der Waals surface area contributed by atoms with Crippen LogP contribution in [-0.2, 0) is 0 Å². The van der Waals surface area contributed by atoms with Gasteiger partial charge in [-0.25, -0.2) is 4.79 Å². The van der Waals surface area contributed by atoms with E-state index in [4.69, 9.17) is 4.74 Å². The molecule has 0 aromatic heterocycles. The molecule has 0 atom stereocenters. The number of carboxylic acids is 1. The van der Waals surface area contributed by atoms with Crippen LogP contribution in [0.5, 0.6) is 5.75 Å². The van der Waals surface area contributed by atoms with Crippen LogP contribution in [0, 0.1) is 11.3 Å². The van der Waals surface area contributed by atoms with Gasteiger partial charge in [0.15, 0.2) is 0 Å². The Bertz CT molecular complexity index is 773. The van der Waals surface area contributed by atoms with E-state index in [9.17, 15) is 15.2 Å². The highest BCUT2D eigenvalue weighted by molar-refractivity contribution is 9.10. The smallest absolute Gasteiger partial charge is 0.339 e. The van der Waals surface area contributed by atoms with Crippen LogP contribution >= 0.6 is 15.9 Å². The van der Waals surface area contributed by atoms with Crippen LogP contribution in [0.2, 0.25) is 0 Å². The average molecular weight is 358 g/mol. The van der Waals surface area contributed by atoms with Crippen molar-refractivity contribution in [3.05, 3.63) is 63.6 Å². The van der Waals surface area contributed by atoms with Crippen molar-refractivity contribution >= 4 is 33.5 Å². The van der Waals surface area contributed by atoms with Crippen molar-refractivity contribution in [1.82, 2.24) is 0 Å². The van der Waals surface area contributed by atoms with Crippen LogP contribution in [0.15, 0.2) is 46.9 Å². The summed E-state index contributed by atoms with van der Waals surface area (Å²) in [5, 5.41) is 18.5. The quantitative estimate of drug-likeness (QED) is 0.656. The molecule has 0 aliphatic carbocycles. The molecule has 2 rings (SSSR count). The number of aromatic carboxylic acids is 1. The first-order chi connectivity index (χ1) is 10.5. The van der Waals surface area contributed by atoms with Crippen molar-refractivity contribution < 1.29 is 14.6 Å². The number of carboxylic acid groups (broad SMARTS) is 1. The van der Waals surface area contributed by atoms with E-state index in [0.29, 0.717) is 11.1 Å². The van der Waals surface area contributed by atoms with E-state index in [0.717, 1.165) is 10.0 Å². The summed E-state index contributed by atoms with van der Waals surface area (Å²) in [6.07, 6.45) is 1.65. The second-order valence-electron chi connectivity index (χ2n) is 4.44. The van der Waals surface area contributed by atoms with Crippen molar-refractivity contribution in [3.8, 4) is 11.8 Å². The first kappa shape index (κ1) is 15.8. The highest BCUT2D eigenvalue weighted by atomic mass is 79.9. The second kappa shape index (κ2) is 6.92. The first-order valence-electron chi connectivity index (χ1n) is 6.34. The van der Waals surface area contributed by atoms with Crippen LogP contribution in [0.1, 0.15) is 21.5 Å². The lowest BCUT2D eigenvalue weighted by Gasteiger charge is -2.06. The van der Waals surface area contributed by atoms with E-state index < -0.39 is 5.97 Å². The lowest BCUT2D eigenvalue weighted by Crippen LogP contribution is -2.00. The van der Waals surface area contributed by atoms with E-state index >= 15 is 0 Å². The number of nitrogens with zero attached hydrogens (tertiary/aromatic N) is 1. The summed E-state index contributed by atoms with van der Waals surface area (Å²) in [4.78, 5) is 11.2. The fourth-order valence-corrected chi connectivity index (χ4v) is 2.22. The number of allylic oxidation sites excluding steroid dienone is 1. The Hall–Kier alpha value is -2.58. The van der Waals surface area contributed by atoms with Crippen LogP contribution in [0.25, 0.3) is 11.6 Å². The summed E-state index contributed by atoms with van der Waals surface area (Å²) in [6.45, 7) is 0. The van der Waals surface area contributed by atoms with E-state index in [1.54, 1.807) is 18.2 Å². The molecule has 22 heavy (non-hydrogen) atoms. The molecule has 2 aromatic rings. The number of benzene rings is 2. The van der Waals surface area contributed by atoms with Crippen LogP contribution in [-0.4, -0.2) is 18.2 Å². The van der Waals surface area contributed by atoms with Gasteiger partial charge in [0.1, 0.15) is 11.3 Å². The van der Waals surface area contributed by atoms with Crippen molar-refractivity contribution in [3.63, 3.8) is 0 Å². The summed E-state index contributed by atoms with van der Waals surface area (Å²) in [5.41, 5.74) is 1.90. The van der Waals surface area contributed by atoms with Gasteiger partial charge in [-0.05, 0) is 41.5 Å². The average Bonchev–Trinajstić information content (AvgIpc) is 2.53. The zero-order valence-corrected chi connectivity index (χ0v) is 13.3. The maximum atomic E-state index is 11.2. The molecular formula is C17H12BrNO3. The summed E-state index contributed by atoms with van der Waals surface area (Å²) in [5.74, 6) is -0.791. The molecule has 0 unspecified atom stereocenters. The maximum Gasteiger partial charge on any atom is 0.339 e. The Morgan fingerprint density at radius 2 is 1.95 bits per heavy atom. The fourth-order valence-electron chi connectivity index (χ4n) is 1.96.